The molecule has 8 rings (SSSR count). The minimum absolute atomic E-state index is 0.304. The van der Waals surface area contributed by atoms with Crippen LogP contribution in [0.15, 0.2) is 109 Å². The molecule has 2 heteroatoms. The Labute approximate surface area is 186 Å². The van der Waals surface area contributed by atoms with Gasteiger partial charge < -0.3 is 4.57 Å². The van der Waals surface area contributed by atoms with Crippen molar-refractivity contribution in [2.45, 2.75) is 0 Å². The van der Waals surface area contributed by atoms with Crippen LogP contribution in [-0.4, -0.2) is 11.3 Å². The first-order valence-electron chi connectivity index (χ1n) is 11.3. The fourth-order valence-corrected chi connectivity index (χ4v) is 6.24. The Morgan fingerprint density at radius 1 is 0.531 bits per heavy atom. The molecule has 0 aliphatic carbocycles. The first-order valence-corrected chi connectivity index (χ1v) is 11.3. The first kappa shape index (κ1) is 16.6. The number of para-hydroxylation sites is 1. The Morgan fingerprint density at radius 3 is 2.19 bits per heavy atom. The average Bonchev–Trinajstić information content (AvgIpc) is 3.38. The van der Waals surface area contributed by atoms with Crippen LogP contribution >= 0.6 is 0 Å². The van der Waals surface area contributed by atoms with Crippen molar-refractivity contribution < 1.29 is 0 Å². The third kappa shape index (κ3) is 1.87. The van der Waals surface area contributed by atoms with E-state index in [4.69, 9.17) is 0 Å². The van der Waals surface area contributed by atoms with Crippen LogP contribution in [0.5, 0.6) is 0 Å². The molecule has 2 aliphatic heterocycles. The van der Waals surface area contributed by atoms with E-state index in [9.17, 15) is 0 Å². The summed E-state index contributed by atoms with van der Waals surface area (Å²) in [5.74, 6) is 0. The quantitative estimate of drug-likeness (QED) is 0.330. The van der Waals surface area contributed by atoms with Crippen molar-refractivity contribution >= 4 is 44.9 Å². The molecule has 3 heterocycles. The lowest BCUT2D eigenvalue weighted by atomic mass is 9.37. The molecule has 0 unspecified atom stereocenters. The van der Waals surface area contributed by atoms with E-state index in [-0.39, 0.29) is 0 Å². The van der Waals surface area contributed by atoms with Gasteiger partial charge in [0, 0.05) is 22.0 Å². The van der Waals surface area contributed by atoms with Crippen molar-refractivity contribution in [2.75, 3.05) is 0 Å². The molecule has 0 fully saturated rings. The minimum Gasteiger partial charge on any atom is -0.310 e. The van der Waals surface area contributed by atoms with Gasteiger partial charge in [-0.15, -0.1) is 0 Å². The van der Waals surface area contributed by atoms with Gasteiger partial charge in [0.2, 0.25) is 6.71 Å². The summed E-state index contributed by atoms with van der Waals surface area (Å²) in [5.41, 5.74) is 13.6. The molecule has 5 aromatic carbocycles. The monoisotopic (exact) mass is 403 g/mol. The maximum atomic E-state index is 2.52. The van der Waals surface area contributed by atoms with Crippen LogP contribution in [0.25, 0.3) is 49.7 Å². The normalized spacial score (nSPS) is 12.9. The zero-order valence-corrected chi connectivity index (χ0v) is 17.4. The molecule has 0 saturated carbocycles. The number of benzene rings is 5. The van der Waals surface area contributed by atoms with Crippen LogP contribution in [0.3, 0.4) is 0 Å². The number of rotatable bonds is 1. The summed E-state index contributed by atoms with van der Waals surface area (Å²) in [4.78, 5) is 0. The Morgan fingerprint density at radius 2 is 1.25 bits per heavy atom. The van der Waals surface area contributed by atoms with E-state index in [0.29, 0.717) is 6.71 Å². The molecular formula is C30H18BN. The van der Waals surface area contributed by atoms with Crippen molar-refractivity contribution in [3.8, 4) is 27.9 Å². The van der Waals surface area contributed by atoms with Gasteiger partial charge in [-0.3, -0.25) is 0 Å². The molecule has 0 atom stereocenters. The van der Waals surface area contributed by atoms with Gasteiger partial charge in [0.15, 0.2) is 0 Å². The second-order valence-corrected chi connectivity index (χ2v) is 8.90. The Kier molecular flexibility index (Phi) is 3.02. The molecule has 32 heavy (non-hydrogen) atoms. The Hall–Kier alpha value is -4.04. The van der Waals surface area contributed by atoms with Crippen molar-refractivity contribution in [3.63, 3.8) is 0 Å². The van der Waals surface area contributed by atoms with E-state index in [0.717, 1.165) is 0 Å². The molecule has 0 radical (unpaired) electrons. The van der Waals surface area contributed by atoms with E-state index in [2.05, 4.69) is 114 Å². The van der Waals surface area contributed by atoms with Crippen LogP contribution in [0.4, 0.5) is 0 Å². The van der Waals surface area contributed by atoms with E-state index in [1.54, 1.807) is 0 Å². The lowest BCUT2D eigenvalue weighted by Crippen LogP contribution is -2.53. The van der Waals surface area contributed by atoms with Crippen molar-refractivity contribution in [1.82, 2.24) is 4.57 Å². The van der Waals surface area contributed by atoms with E-state index in [1.165, 1.54) is 66.1 Å². The molecule has 1 nitrogen and oxygen atoms in total. The summed E-state index contributed by atoms with van der Waals surface area (Å²) in [6.07, 6.45) is 0. The maximum absolute atomic E-state index is 2.52. The third-order valence-electron chi connectivity index (χ3n) is 7.41. The topological polar surface area (TPSA) is 4.93 Å². The van der Waals surface area contributed by atoms with Crippen molar-refractivity contribution in [1.29, 1.82) is 0 Å². The predicted octanol–water partition coefficient (Wildman–Crippen LogP) is 5.26. The highest BCUT2D eigenvalue weighted by Gasteiger charge is 2.40. The lowest BCUT2D eigenvalue weighted by Gasteiger charge is -2.24. The largest absolute Gasteiger partial charge is 0.310 e. The van der Waals surface area contributed by atoms with Gasteiger partial charge in [-0.05, 0) is 45.3 Å². The highest BCUT2D eigenvalue weighted by molar-refractivity contribution is 7.01. The highest BCUT2D eigenvalue weighted by Crippen LogP contribution is 2.40. The minimum atomic E-state index is 0.304. The Balaban J connectivity index is 1.59. The maximum Gasteiger partial charge on any atom is 0.248 e. The van der Waals surface area contributed by atoms with Crippen molar-refractivity contribution in [2.24, 2.45) is 0 Å². The third-order valence-corrected chi connectivity index (χ3v) is 7.41. The molecule has 0 bridgehead atoms. The molecule has 0 spiro atoms. The number of hydrogen-bond donors (Lipinski definition) is 0. The van der Waals surface area contributed by atoms with E-state index >= 15 is 0 Å². The van der Waals surface area contributed by atoms with Gasteiger partial charge in [0.25, 0.3) is 0 Å². The van der Waals surface area contributed by atoms with Gasteiger partial charge in [-0.1, -0.05) is 103 Å². The van der Waals surface area contributed by atoms with Crippen molar-refractivity contribution in [3.05, 3.63) is 109 Å². The zero-order chi connectivity index (χ0) is 20.8. The number of fused-ring (bicyclic) bond motifs is 8. The van der Waals surface area contributed by atoms with Crippen LogP contribution in [0.2, 0.25) is 0 Å². The summed E-state index contributed by atoms with van der Waals surface area (Å²) in [6, 6.07) is 40.2. The van der Waals surface area contributed by atoms with Crippen LogP contribution in [0.1, 0.15) is 0 Å². The first-order chi connectivity index (χ1) is 15.9. The van der Waals surface area contributed by atoms with Crippen LogP contribution < -0.4 is 16.4 Å². The SMILES string of the molecule is c1ccc(-c2cccc3c2c2cccc4c2n3-c2cccc3c2B4c2ccccc2-3)cc1. The molecule has 0 saturated heterocycles. The molecule has 6 aromatic rings. The zero-order valence-electron chi connectivity index (χ0n) is 17.4. The summed E-state index contributed by atoms with van der Waals surface area (Å²) < 4.78 is 2.52. The molecule has 2 aliphatic rings. The average molecular weight is 403 g/mol. The predicted molar refractivity (Wildman–Crippen MR) is 136 cm³/mol. The van der Waals surface area contributed by atoms with Crippen LogP contribution in [-0.2, 0) is 0 Å². The van der Waals surface area contributed by atoms with Gasteiger partial charge in [-0.2, -0.15) is 0 Å². The Bertz CT molecular complexity index is 1730. The standard InChI is InChI=1S/C30H18BN/c1-2-9-19(10-3-1)20-12-7-17-26-28(20)23-14-6-16-25-30(23)32(26)27-18-8-13-22-21-11-4-5-15-24(21)31(25)29(22)27/h1-18H. The molecule has 0 amide bonds. The summed E-state index contributed by atoms with van der Waals surface area (Å²) >= 11 is 0. The highest BCUT2D eigenvalue weighted by atomic mass is 15.0. The fourth-order valence-electron chi connectivity index (χ4n) is 6.24. The van der Waals surface area contributed by atoms with E-state index < -0.39 is 0 Å². The smallest absolute Gasteiger partial charge is 0.248 e. The molecular weight excluding hydrogens is 385 g/mol. The van der Waals surface area contributed by atoms with Gasteiger partial charge in [0.05, 0.1) is 5.52 Å². The molecule has 1 aromatic heterocycles. The summed E-state index contributed by atoms with van der Waals surface area (Å²) in [5, 5.41) is 2.69. The van der Waals surface area contributed by atoms with Crippen LogP contribution in [0, 0.1) is 0 Å². The number of nitrogens with zero attached hydrogens (tertiary/aromatic N) is 1. The second kappa shape index (κ2) is 5.80. The fraction of sp³-hybridized carbons (Fsp3) is 0. The molecule has 0 N–H and O–H groups in total. The molecule has 146 valence electrons. The van der Waals surface area contributed by atoms with Gasteiger partial charge in [-0.25, -0.2) is 0 Å². The number of aromatic nitrogens is 1. The van der Waals surface area contributed by atoms with Gasteiger partial charge >= 0.3 is 0 Å². The lowest BCUT2D eigenvalue weighted by molar-refractivity contribution is 1.19. The number of hydrogen-bond acceptors (Lipinski definition) is 0. The summed E-state index contributed by atoms with van der Waals surface area (Å²) in [7, 11) is 0. The van der Waals surface area contributed by atoms with Gasteiger partial charge in [0.1, 0.15) is 0 Å². The second-order valence-electron chi connectivity index (χ2n) is 8.90. The summed E-state index contributed by atoms with van der Waals surface area (Å²) in [6.45, 7) is 0.304. The van der Waals surface area contributed by atoms with E-state index in [1.807, 2.05) is 0 Å².